The summed E-state index contributed by atoms with van der Waals surface area (Å²) < 4.78 is 3.49. The van der Waals surface area contributed by atoms with Gasteiger partial charge in [0, 0.05) is 23.3 Å². The Morgan fingerprint density at radius 2 is 1.70 bits per heavy atom. The van der Waals surface area contributed by atoms with Crippen LogP contribution in [0.3, 0.4) is 0 Å². The number of rotatable bonds is 2. The van der Waals surface area contributed by atoms with Gasteiger partial charge in [-0.1, -0.05) is 43.3 Å². The van der Waals surface area contributed by atoms with E-state index in [0.29, 0.717) is 5.52 Å². The molecule has 0 fully saturated rings. The molecule has 0 spiro atoms. The molecule has 4 aromatic rings. The minimum absolute atomic E-state index is 0.0814. The Kier molecular flexibility index (Phi) is 3.05. The average Bonchev–Trinajstić information content (AvgIpc) is 2.90. The first-order valence-electron chi connectivity index (χ1n) is 7.77. The maximum atomic E-state index is 13.1. The van der Waals surface area contributed by atoms with Gasteiger partial charge < -0.3 is 4.57 Å². The maximum absolute atomic E-state index is 13.1. The van der Waals surface area contributed by atoms with E-state index in [0.717, 1.165) is 34.1 Å². The number of benzene rings is 2. The Morgan fingerprint density at radius 3 is 2.43 bits per heavy atom. The van der Waals surface area contributed by atoms with Crippen LogP contribution in [0.2, 0.25) is 0 Å². The number of aromatic nitrogens is 3. The zero-order valence-corrected chi connectivity index (χ0v) is 13.2. The molecule has 114 valence electrons. The Bertz CT molecular complexity index is 1070. The normalized spacial score (nSPS) is 11.4. The Balaban J connectivity index is 2.22. The second-order valence-corrected chi connectivity index (χ2v) is 5.65. The lowest BCUT2D eigenvalue weighted by Crippen LogP contribution is -2.24. The summed E-state index contributed by atoms with van der Waals surface area (Å²) in [7, 11) is 1.95. The second-order valence-electron chi connectivity index (χ2n) is 5.65. The third-order valence-corrected chi connectivity index (χ3v) is 4.35. The van der Waals surface area contributed by atoms with E-state index in [1.54, 1.807) is 0 Å². The van der Waals surface area contributed by atoms with Gasteiger partial charge in [-0.2, -0.15) is 9.78 Å². The van der Waals surface area contributed by atoms with E-state index in [-0.39, 0.29) is 5.56 Å². The molecule has 0 bridgehead atoms. The summed E-state index contributed by atoms with van der Waals surface area (Å²) >= 11 is 0. The number of hydrogen-bond acceptors (Lipinski definition) is 2. The van der Waals surface area contributed by atoms with E-state index in [2.05, 4.69) is 18.1 Å². The zero-order chi connectivity index (χ0) is 16.0. The molecule has 0 unspecified atom stereocenters. The topological polar surface area (TPSA) is 39.8 Å². The van der Waals surface area contributed by atoms with Crippen LogP contribution in [0.4, 0.5) is 0 Å². The highest BCUT2D eigenvalue weighted by atomic mass is 16.1. The summed E-state index contributed by atoms with van der Waals surface area (Å²) in [5, 5.41) is 6.71. The number of aryl methyl sites for hydroxylation is 2. The van der Waals surface area contributed by atoms with E-state index in [1.165, 1.54) is 4.68 Å². The fraction of sp³-hybridized carbons (Fsp3) is 0.158. The summed E-state index contributed by atoms with van der Waals surface area (Å²) in [4.78, 5) is 13.1. The van der Waals surface area contributed by atoms with Crippen molar-refractivity contribution in [3.8, 4) is 5.69 Å². The molecule has 0 saturated heterocycles. The van der Waals surface area contributed by atoms with Crippen LogP contribution in [0.1, 0.15) is 12.6 Å². The van der Waals surface area contributed by atoms with Crippen LogP contribution in [-0.4, -0.2) is 14.3 Å². The molecular weight excluding hydrogens is 286 g/mol. The lowest BCUT2D eigenvalue weighted by atomic mass is 10.1. The van der Waals surface area contributed by atoms with Crippen molar-refractivity contribution in [3.63, 3.8) is 0 Å². The minimum Gasteiger partial charge on any atom is -0.339 e. The smallest absolute Gasteiger partial charge is 0.296 e. The van der Waals surface area contributed by atoms with Crippen molar-refractivity contribution in [2.75, 3.05) is 0 Å². The SMILES string of the molecule is CCc1nn(-c2ccccc2)c(=O)c2c1c1ccccc1n2C. The molecule has 2 heterocycles. The lowest BCUT2D eigenvalue weighted by Gasteiger charge is -2.08. The van der Waals surface area contributed by atoms with Gasteiger partial charge in [0.2, 0.25) is 0 Å². The van der Waals surface area contributed by atoms with Crippen molar-refractivity contribution in [3.05, 3.63) is 70.6 Å². The van der Waals surface area contributed by atoms with Gasteiger partial charge in [0.1, 0.15) is 5.52 Å². The van der Waals surface area contributed by atoms with Crippen molar-refractivity contribution in [2.24, 2.45) is 7.05 Å². The molecule has 4 rings (SSSR count). The zero-order valence-electron chi connectivity index (χ0n) is 13.2. The van der Waals surface area contributed by atoms with E-state index >= 15 is 0 Å². The van der Waals surface area contributed by atoms with Gasteiger partial charge in [-0.3, -0.25) is 4.79 Å². The number of para-hydroxylation sites is 2. The largest absolute Gasteiger partial charge is 0.339 e. The standard InChI is InChI=1S/C19H17N3O/c1-3-15-17-14-11-7-8-12-16(14)21(2)18(17)19(23)22(20-15)13-9-5-4-6-10-13/h4-12H,3H2,1-2H3. The third kappa shape index (κ3) is 1.91. The molecule has 2 aromatic carbocycles. The van der Waals surface area contributed by atoms with Gasteiger partial charge in [0.05, 0.1) is 11.4 Å². The Hall–Kier alpha value is -2.88. The molecule has 0 atom stereocenters. The van der Waals surface area contributed by atoms with Crippen molar-refractivity contribution < 1.29 is 0 Å². The van der Waals surface area contributed by atoms with Crippen LogP contribution in [0, 0.1) is 0 Å². The van der Waals surface area contributed by atoms with E-state index in [4.69, 9.17) is 0 Å². The van der Waals surface area contributed by atoms with Crippen LogP contribution < -0.4 is 5.56 Å². The summed E-state index contributed by atoms with van der Waals surface area (Å²) in [5.41, 5.74) is 3.42. The highest BCUT2D eigenvalue weighted by Gasteiger charge is 2.18. The van der Waals surface area contributed by atoms with E-state index in [1.807, 2.05) is 60.1 Å². The molecule has 0 N–H and O–H groups in total. The number of fused-ring (bicyclic) bond motifs is 3. The van der Waals surface area contributed by atoms with Crippen molar-refractivity contribution >= 4 is 21.8 Å². The van der Waals surface area contributed by atoms with Gasteiger partial charge in [0.15, 0.2) is 0 Å². The molecule has 0 aliphatic rings. The lowest BCUT2D eigenvalue weighted by molar-refractivity contribution is 0.775. The summed E-state index contributed by atoms with van der Waals surface area (Å²) in [6, 6.07) is 17.7. The first-order chi connectivity index (χ1) is 11.2. The van der Waals surface area contributed by atoms with E-state index in [9.17, 15) is 4.79 Å². The predicted octanol–water partition coefficient (Wildman–Crippen LogP) is 3.44. The first-order valence-corrected chi connectivity index (χ1v) is 7.77. The number of hydrogen-bond donors (Lipinski definition) is 0. The van der Waals surface area contributed by atoms with Gasteiger partial charge in [-0.05, 0) is 24.6 Å². The third-order valence-electron chi connectivity index (χ3n) is 4.35. The predicted molar refractivity (Wildman–Crippen MR) is 93.2 cm³/mol. The molecule has 23 heavy (non-hydrogen) atoms. The monoisotopic (exact) mass is 303 g/mol. The second kappa shape index (κ2) is 5.09. The summed E-state index contributed by atoms with van der Waals surface area (Å²) in [5.74, 6) is 0. The molecule has 0 aliphatic carbocycles. The van der Waals surface area contributed by atoms with Crippen LogP contribution in [0.5, 0.6) is 0 Å². The fourth-order valence-corrected chi connectivity index (χ4v) is 3.24. The van der Waals surface area contributed by atoms with Crippen LogP contribution in [-0.2, 0) is 13.5 Å². The van der Waals surface area contributed by atoms with Gasteiger partial charge in [0.25, 0.3) is 5.56 Å². The van der Waals surface area contributed by atoms with Crippen LogP contribution >= 0.6 is 0 Å². The molecule has 4 heteroatoms. The molecular formula is C19H17N3O. The highest BCUT2D eigenvalue weighted by Crippen LogP contribution is 2.28. The van der Waals surface area contributed by atoms with Gasteiger partial charge in [-0.15, -0.1) is 0 Å². The molecule has 0 aliphatic heterocycles. The first kappa shape index (κ1) is 13.8. The van der Waals surface area contributed by atoms with Gasteiger partial charge >= 0.3 is 0 Å². The quantitative estimate of drug-likeness (QED) is 0.569. The van der Waals surface area contributed by atoms with Crippen LogP contribution in [0.25, 0.3) is 27.5 Å². The summed E-state index contributed by atoms with van der Waals surface area (Å²) in [6.45, 7) is 2.07. The average molecular weight is 303 g/mol. The van der Waals surface area contributed by atoms with E-state index < -0.39 is 0 Å². The van der Waals surface area contributed by atoms with Crippen molar-refractivity contribution in [1.29, 1.82) is 0 Å². The van der Waals surface area contributed by atoms with Crippen molar-refractivity contribution in [1.82, 2.24) is 14.3 Å². The van der Waals surface area contributed by atoms with Gasteiger partial charge in [-0.25, -0.2) is 0 Å². The molecule has 0 amide bonds. The highest BCUT2D eigenvalue weighted by molar-refractivity contribution is 6.08. The molecule has 0 radical (unpaired) electrons. The van der Waals surface area contributed by atoms with Crippen LogP contribution in [0.15, 0.2) is 59.4 Å². The molecule has 2 aromatic heterocycles. The Morgan fingerprint density at radius 1 is 1.00 bits per heavy atom. The minimum atomic E-state index is -0.0814. The van der Waals surface area contributed by atoms with Crippen molar-refractivity contribution in [2.45, 2.75) is 13.3 Å². The Labute approximate surface area is 133 Å². The summed E-state index contributed by atoms with van der Waals surface area (Å²) in [6.07, 6.45) is 0.775. The molecule has 4 nitrogen and oxygen atoms in total. The fourth-order valence-electron chi connectivity index (χ4n) is 3.24. The maximum Gasteiger partial charge on any atom is 0.296 e. The number of nitrogens with zero attached hydrogens (tertiary/aromatic N) is 3. The molecule has 0 saturated carbocycles.